The predicted octanol–water partition coefficient (Wildman–Crippen LogP) is 3.72. The molecule has 170 valence electrons. The van der Waals surface area contributed by atoms with E-state index in [1.54, 1.807) is 27.7 Å². The lowest BCUT2D eigenvalue weighted by atomic mass is 9.85. The summed E-state index contributed by atoms with van der Waals surface area (Å²) in [5.74, 6) is 0.114. The van der Waals surface area contributed by atoms with Crippen molar-refractivity contribution in [1.82, 2.24) is 24.3 Å². The van der Waals surface area contributed by atoms with Crippen molar-refractivity contribution >= 4 is 22.8 Å². The Morgan fingerprint density at radius 2 is 1.68 bits per heavy atom. The highest BCUT2D eigenvalue weighted by Crippen LogP contribution is 2.37. The maximum atomic E-state index is 12.8. The van der Waals surface area contributed by atoms with Gasteiger partial charge in [0.1, 0.15) is 0 Å². The van der Waals surface area contributed by atoms with E-state index in [9.17, 15) is 9.90 Å². The molecule has 0 spiro atoms. The summed E-state index contributed by atoms with van der Waals surface area (Å²) in [6, 6.07) is 20.5. The number of rotatable bonds is 6. The Balaban J connectivity index is 1.58. The first kappa shape index (κ1) is 21.5. The number of imidazole rings is 1. The Kier molecular flexibility index (Phi) is 5.43. The van der Waals surface area contributed by atoms with Crippen LogP contribution in [-0.4, -0.2) is 35.3 Å². The molecule has 2 aromatic carbocycles. The van der Waals surface area contributed by atoms with Crippen molar-refractivity contribution in [3.05, 3.63) is 108 Å². The van der Waals surface area contributed by atoms with Crippen molar-refractivity contribution in [3.8, 4) is 0 Å². The zero-order chi connectivity index (χ0) is 23.7. The lowest BCUT2D eigenvalue weighted by molar-refractivity contribution is 0.102. The Bertz CT molecular complexity index is 1420. The molecular formula is C26H24N6O2. The third kappa shape index (κ3) is 3.64. The van der Waals surface area contributed by atoms with E-state index < -0.39 is 5.60 Å². The smallest absolute Gasteiger partial charge is 0.257 e. The quantitative estimate of drug-likeness (QED) is 0.409. The summed E-state index contributed by atoms with van der Waals surface area (Å²) < 4.78 is 3.52. The standard InChI is InChI=1S/C26H24N6O2/c1-3-32-17-21(16-28-32)29-24(33)18-14-22-23(27-15-18)30-25(31(22)2)26(34,19-10-6-4-7-11-19)20-12-8-5-9-13-20/h4-17,34H,3H2,1-2H3,(H,29,33). The van der Waals surface area contributed by atoms with Crippen LogP contribution < -0.4 is 5.32 Å². The van der Waals surface area contributed by atoms with Crippen LogP contribution in [0.4, 0.5) is 5.69 Å². The molecule has 0 fully saturated rings. The maximum Gasteiger partial charge on any atom is 0.257 e. The summed E-state index contributed by atoms with van der Waals surface area (Å²) in [4.78, 5) is 22.0. The number of carbonyl (C=O) groups excluding carboxylic acids is 1. The molecule has 0 aliphatic heterocycles. The summed E-state index contributed by atoms with van der Waals surface area (Å²) >= 11 is 0. The number of nitrogens with one attached hydrogen (secondary N) is 1. The van der Waals surface area contributed by atoms with Gasteiger partial charge in [-0.25, -0.2) is 9.97 Å². The number of hydrogen-bond acceptors (Lipinski definition) is 5. The van der Waals surface area contributed by atoms with Crippen LogP contribution in [0.25, 0.3) is 11.2 Å². The van der Waals surface area contributed by atoms with Crippen LogP contribution in [0.15, 0.2) is 85.3 Å². The Labute approximate surface area is 196 Å². The van der Waals surface area contributed by atoms with Gasteiger partial charge >= 0.3 is 0 Å². The van der Waals surface area contributed by atoms with E-state index in [-0.39, 0.29) is 5.91 Å². The summed E-state index contributed by atoms with van der Waals surface area (Å²) in [6.07, 6.45) is 4.87. The lowest BCUT2D eigenvalue weighted by Crippen LogP contribution is -2.32. The predicted molar refractivity (Wildman–Crippen MR) is 129 cm³/mol. The molecule has 0 aliphatic carbocycles. The molecule has 0 radical (unpaired) electrons. The van der Waals surface area contributed by atoms with Gasteiger partial charge in [-0.05, 0) is 24.1 Å². The highest BCUT2D eigenvalue weighted by atomic mass is 16.3. The number of nitrogens with zero attached hydrogens (tertiary/aromatic N) is 5. The van der Waals surface area contributed by atoms with Gasteiger partial charge in [-0.1, -0.05) is 60.7 Å². The van der Waals surface area contributed by atoms with Gasteiger partial charge in [0, 0.05) is 26.0 Å². The third-order valence-corrected chi connectivity index (χ3v) is 5.92. The molecule has 3 aromatic heterocycles. The Morgan fingerprint density at radius 3 is 2.26 bits per heavy atom. The van der Waals surface area contributed by atoms with Crippen LogP contribution in [0.5, 0.6) is 0 Å². The van der Waals surface area contributed by atoms with Crippen LogP contribution in [0.2, 0.25) is 0 Å². The number of hydrogen-bond donors (Lipinski definition) is 2. The highest BCUT2D eigenvalue weighted by molar-refractivity contribution is 6.05. The highest BCUT2D eigenvalue weighted by Gasteiger charge is 2.38. The molecule has 2 N–H and O–H groups in total. The number of anilines is 1. The fourth-order valence-electron chi connectivity index (χ4n) is 4.10. The molecular weight excluding hydrogens is 428 g/mol. The molecule has 0 atom stereocenters. The number of carbonyl (C=O) groups is 1. The zero-order valence-electron chi connectivity index (χ0n) is 18.9. The average Bonchev–Trinajstić information content (AvgIpc) is 3.48. The van der Waals surface area contributed by atoms with Crippen molar-refractivity contribution in [2.45, 2.75) is 19.1 Å². The molecule has 3 heterocycles. The van der Waals surface area contributed by atoms with Gasteiger partial charge in [-0.2, -0.15) is 5.10 Å². The van der Waals surface area contributed by atoms with Gasteiger partial charge < -0.3 is 15.0 Å². The SMILES string of the molecule is CCn1cc(NC(=O)c2cnc3nc(C(O)(c4ccccc4)c4ccccc4)n(C)c3c2)cn1. The lowest BCUT2D eigenvalue weighted by Gasteiger charge is -2.28. The fraction of sp³-hybridized carbons (Fsp3) is 0.154. The topological polar surface area (TPSA) is 97.9 Å². The van der Waals surface area contributed by atoms with Crippen LogP contribution in [0.3, 0.4) is 0 Å². The summed E-state index contributed by atoms with van der Waals surface area (Å²) in [7, 11) is 1.82. The van der Waals surface area contributed by atoms with Crippen molar-refractivity contribution in [2.24, 2.45) is 7.05 Å². The minimum atomic E-state index is -1.50. The second kappa shape index (κ2) is 8.57. The summed E-state index contributed by atoms with van der Waals surface area (Å²) in [5.41, 5.74) is 1.94. The molecule has 0 saturated carbocycles. The van der Waals surface area contributed by atoms with Gasteiger partial charge in [-0.3, -0.25) is 9.48 Å². The van der Waals surface area contributed by atoms with E-state index in [1.165, 1.54) is 6.20 Å². The molecule has 1 amide bonds. The number of aliphatic hydroxyl groups is 1. The van der Waals surface area contributed by atoms with Gasteiger partial charge in [0.2, 0.25) is 0 Å². The average molecular weight is 453 g/mol. The second-order valence-electron chi connectivity index (χ2n) is 8.04. The van der Waals surface area contributed by atoms with Crippen LogP contribution in [0.1, 0.15) is 34.2 Å². The normalized spacial score (nSPS) is 11.6. The molecule has 34 heavy (non-hydrogen) atoms. The first-order valence-electron chi connectivity index (χ1n) is 11.0. The molecule has 0 bridgehead atoms. The van der Waals surface area contributed by atoms with E-state index in [0.717, 1.165) is 0 Å². The monoisotopic (exact) mass is 452 g/mol. The van der Waals surface area contributed by atoms with Gasteiger partial charge in [0.15, 0.2) is 17.1 Å². The maximum absolute atomic E-state index is 12.8. The van der Waals surface area contributed by atoms with Gasteiger partial charge in [0.05, 0.1) is 23.0 Å². The molecule has 0 aliphatic rings. The van der Waals surface area contributed by atoms with E-state index in [0.29, 0.717) is 45.9 Å². The summed E-state index contributed by atoms with van der Waals surface area (Å²) in [5, 5.41) is 19.1. The largest absolute Gasteiger partial charge is 0.373 e. The fourth-order valence-corrected chi connectivity index (χ4v) is 4.10. The first-order chi connectivity index (χ1) is 16.5. The second-order valence-corrected chi connectivity index (χ2v) is 8.04. The third-order valence-electron chi connectivity index (χ3n) is 5.92. The Hall–Kier alpha value is -4.30. The van der Waals surface area contributed by atoms with E-state index in [4.69, 9.17) is 4.98 Å². The van der Waals surface area contributed by atoms with Crippen LogP contribution >= 0.6 is 0 Å². The number of benzene rings is 2. The minimum Gasteiger partial charge on any atom is -0.373 e. The van der Waals surface area contributed by atoms with Gasteiger partial charge in [0.25, 0.3) is 5.91 Å². The first-order valence-corrected chi connectivity index (χ1v) is 11.0. The van der Waals surface area contributed by atoms with E-state index >= 15 is 0 Å². The molecule has 8 nitrogen and oxygen atoms in total. The Morgan fingerprint density at radius 1 is 1.03 bits per heavy atom. The van der Waals surface area contributed by atoms with E-state index in [1.807, 2.05) is 74.6 Å². The number of pyridine rings is 1. The van der Waals surface area contributed by atoms with Crippen molar-refractivity contribution in [3.63, 3.8) is 0 Å². The summed E-state index contributed by atoms with van der Waals surface area (Å²) in [6.45, 7) is 2.69. The molecule has 0 unspecified atom stereocenters. The number of fused-ring (bicyclic) bond motifs is 1. The zero-order valence-corrected chi connectivity index (χ0v) is 18.9. The number of aryl methyl sites for hydroxylation is 2. The molecule has 5 rings (SSSR count). The minimum absolute atomic E-state index is 0.297. The van der Waals surface area contributed by atoms with Crippen LogP contribution in [-0.2, 0) is 19.2 Å². The molecule has 5 aromatic rings. The molecule has 8 heteroatoms. The number of amides is 1. The van der Waals surface area contributed by atoms with Crippen LogP contribution in [0, 0.1) is 0 Å². The van der Waals surface area contributed by atoms with E-state index in [2.05, 4.69) is 15.4 Å². The van der Waals surface area contributed by atoms with Crippen molar-refractivity contribution in [2.75, 3.05) is 5.32 Å². The van der Waals surface area contributed by atoms with Crippen molar-refractivity contribution in [1.29, 1.82) is 0 Å². The molecule has 0 saturated heterocycles. The van der Waals surface area contributed by atoms with Crippen molar-refractivity contribution < 1.29 is 9.90 Å². The van der Waals surface area contributed by atoms with Gasteiger partial charge in [-0.15, -0.1) is 0 Å². The number of aromatic nitrogens is 5.